The summed E-state index contributed by atoms with van der Waals surface area (Å²) in [5.74, 6) is -0.885. The van der Waals surface area contributed by atoms with Crippen molar-refractivity contribution in [1.29, 1.82) is 0 Å². The summed E-state index contributed by atoms with van der Waals surface area (Å²) in [6.45, 7) is 0.866. The largest absolute Gasteiger partial charge is 0.408 e. The smallest absolute Gasteiger partial charge is 0.339 e. The molecule has 0 saturated carbocycles. The summed E-state index contributed by atoms with van der Waals surface area (Å²) in [4.78, 5) is 19.4. The van der Waals surface area contributed by atoms with E-state index in [0.29, 0.717) is 10.7 Å². The maximum atomic E-state index is 12.4. The molecule has 4 nitrogen and oxygen atoms in total. The van der Waals surface area contributed by atoms with Gasteiger partial charge in [0.25, 0.3) is 5.91 Å². The minimum Gasteiger partial charge on any atom is -0.339 e. The summed E-state index contributed by atoms with van der Waals surface area (Å²) < 4.78 is 37.2. The van der Waals surface area contributed by atoms with E-state index >= 15 is 0 Å². The zero-order valence-corrected chi connectivity index (χ0v) is 12.1. The lowest BCUT2D eigenvalue weighted by Crippen LogP contribution is -2.43. The number of alkyl halides is 3. The van der Waals surface area contributed by atoms with Crippen LogP contribution in [0.3, 0.4) is 0 Å². The van der Waals surface area contributed by atoms with Crippen LogP contribution in [-0.4, -0.2) is 28.1 Å². The van der Waals surface area contributed by atoms with Gasteiger partial charge in [-0.3, -0.25) is 9.78 Å². The number of hydrogen-bond donors (Lipinski definition) is 1. The third-order valence-electron chi connectivity index (χ3n) is 2.89. The second-order valence-corrected chi connectivity index (χ2v) is 4.92. The molecule has 0 aliphatic carbocycles. The number of amides is 1. The molecule has 8 heteroatoms. The predicted octanol–water partition coefficient (Wildman–Crippen LogP) is 3.48. The van der Waals surface area contributed by atoms with Gasteiger partial charge in [0.2, 0.25) is 0 Å². The van der Waals surface area contributed by atoms with Crippen molar-refractivity contribution in [3.05, 3.63) is 47.5 Å². The van der Waals surface area contributed by atoms with Crippen LogP contribution in [0.25, 0.3) is 11.1 Å². The molecule has 22 heavy (non-hydrogen) atoms. The highest BCUT2D eigenvalue weighted by Crippen LogP contribution is 2.21. The fraction of sp³-hybridized carbons (Fsp3) is 0.214. The number of halogens is 4. The molecule has 116 valence electrons. The molecule has 1 atom stereocenters. The van der Waals surface area contributed by atoms with Crippen LogP contribution in [-0.2, 0) is 0 Å². The van der Waals surface area contributed by atoms with Gasteiger partial charge in [-0.1, -0.05) is 17.7 Å². The van der Waals surface area contributed by atoms with Gasteiger partial charge in [0.15, 0.2) is 0 Å². The maximum Gasteiger partial charge on any atom is 0.408 e. The van der Waals surface area contributed by atoms with E-state index < -0.39 is 18.1 Å². The SMILES string of the molecule is CC(NC(=O)c1ccc(-c2ccnc(Cl)c2)cn1)C(F)(F)F. The van der Waals surface area contributed by atoms with Crippen LogP contribution in [0.15, 0.2) is 36.7 Å². The summed E-state index contributed by atoms with van der Waals surface area (Å²) in [6.07, 6.45) is -1.59. The Bertz CT molecular complexity index is 674. The van der Waals surface area contributed by atoms with E-state index in [2.05, 4.69) is 9.97 Å². The zero-order valence-electron chi connectivity index (χ0n) is 11.4. The Balaban J connectivity index is 2.14. The molecular weight excluding hydrogens is 319 g/mol. The molecule has 1 amide bonds. The zero-order chi connectivity index (χ0) is 16.3. The third kappa shape index (κ3) is 3.94. The van der Waals surface area contributed by atoms with Gasteiger partial charge in [-0.15, -0.1) is 0 Å². The topological polar surface area (TPSA) is 54.9 Å². The number of carbonyl (C=O) groups excluding carboxylic acids is 1. The molecule has 1 unspecified atom stereocenters. The lowest BCUT2D eigenvalue weighted by atomic mass is 10.1. The Labute approximate surface area is 129 Å². The van der Waals surface area contributed by atoms with Gasteiger partial charge >= 0.3 is 6.18 Å². The lowest BCUT2D eigenvalue weighted by Gasteiger charge is -2.16. The molecule has 0 saturated heterocycles. The fourth-order valence-electron chi connectivity index (χ4n) is 1.63. The van der Waals surface area contributed by atoms with Crippen molar-refractivity contribution in [2.45, 2.75) is 19.1 Å². The highest BCUT2D eigenvalue weighted by atomic mass is 35.5. The number of pyridine rings is 2. The van der Waals surface area contributed by atoms with Gasteiger partial charge in [0.1, 0.15) is 16.9 Å². The van der Waals surface area contributed by atoms with Gasteiger partial charge in [-0.05, 0) is 30.7 Å². The van der Waals surface area contributed by atoms with E-state index in [1.54, 1.807) is 18.2 Å². The Morgan fingerprint density at radius 1 is 1.23 bits per heavy atom. The molecular formula is C14H11ClF3N3O. The molecule has 0 bridgehead atoms. The predicted molar refractivity (Wildman–Crippen MR) is 75.5 cm³/mol. The number of hydrogen-bond acceptors (Lipinski definition) is 3. The molecule has 0 spiro atoms. The molecule has 0 aliphatic rings. The molecule has 2 aromatic heterocycles. The summed E-state index contributed by atoms with van der Waals surface area (Å²) in [7, 11) is 0. The molecule has 2 heterocycles. The first-order valence-electron chi connectivity index (χ1n) is 6.23. The lowest BCUT2D eigenvalue weighted by molar-refractivity contribution is -0.149. The highest BCUT2D eigenvalue weighted by molar-refractivity contribution is 6.29. The third-order valence-corrected chi connectivity index (χ3v) is 3.10. The van der Waals surface area contributed by atoms with Crippen LogP contribution in [0, 0.1) is 0 Å². The van der Waals surface area contributed by atoms with Crippen molar-refractivity contribution < 1.29 is 18.0 Å². The second-order valence-electron chi connectivity index (χ2n) is 4.54. The van der Waals surface area contributed by atoms with Crippen LogP contribution in [0.4, 0.5) is 13.2 Å². The van der Waals surface area contributed by atoms with Crippen LogP contribution in [0.5, 0.6) is 0 Å². The van der Waals surface area contributed by atoms with Crippen LogP contribution in [0.1, 0.15) is 17.4 Å². The summed E-state index contributed by atoms with van der Waals surface area (Å²) in [6, 6.07) is 4.30. The summed E-state index contributed by atoms with van der Waals surface area (Å²) in [5, 5.41) is 2.15. The molecule has 0 aliphatic heterocycles. The first kappa shape index (κ1) is 16.2. The van der Waals surface area contributed by atoms with E-state index in [4.69, 9.17) is 11.6 Å². The molecule has 2 aromatic rings. The normalized spacial score (nSPS) is 12.8. The van der Waals surface area contributed by atoms with E-state index in [9.17, 15) is 18.0 Å². The first-order valence-corrected chi connectivity index (χ1v) is 6.61. The molecule has 0 radical (unpaired) electrons. The summed E-state index contributed by atoms with van der Waals surface area (Å²) >= 11 is 5.77. The van der Waals surface area contributed by atoms with E-state index in [1.165, 1.54) is 18.5 Å². The van der Waals surface area contributed by atoms with Gasteiger partial charge in [-0.25, -0.2) is 4.98 Å². The van der Waals surface area contributed by atoms with Crippen LogP contribution >= 0.6 is 11.6 Å². The van der Waals surface area contributed by atoms with Gasteiger partial charge in [0.05, 0.1) is 0 Å². The molecule has 2 rings (SSSR count). The number of rotatable bonds is 3. The van der Waals surface area contributed by atoms with Crippen LogP contribution in [0.2, 0.25) is 5.15 Å². The number of nitrogens with zero attached hydrogens (tertiary/aromatic N) is 2. The van der Waals surface area contributed by atoms with Gasteiger partial charge < -0.3 is 5.32 Å². The Morgan fingerprint density at radius 3 is 2.50 bits per heavy atom. The Kier molecular flexibility index (Phi) is 4.65. The number of aromatic nitrogens is 2. The minimum atomic E-state index is -4.50. The van der Waals surface area contributed by atoms with Crippen molar-refractivity contribution in [2.75, 3.05) is 0 Å². The van der Waals surface area contributed by atoms with Crippen molar-refractivity contribution in [2.24, 2.45) is 0 Å². The molecule has 1 N–H and O–H groups in total. The van der Waals surface area contributed by atoms with E-state index in [-0.39, 0.29) is 5.69 Å². The molecule has 0 aromatic carbocycles. The first-order chi connectivity index (χ1) is 10.3. The van der Waals surface area contributed by atoms with Gasteiger partial charge in [-0.2, -0.15) is 13.2 Å². The average Bonchev–Trinajstić information content (AvgIpc) is 2.46. The van der Waals surface area contributed by atoms with Gasteiger partial charge in [0, 0.05) is 18.0 Å². The van der Waals surface area contributed by atoms with Crippen molar-refractivity contribution in [3.63, 3.8) is 0 Å². The van der Waals surface area contributed by atoms with Crippen molar-refractivity contribution in [3.8, 4) is 11.1 Å². The number of nitrogens with one attached hydrogen (secondary N) is 1. The molecule has 0 fully saturated rings. The summed E-state index contributed by atoms with van der Waals surface area (Å²) in [5.41, 5.74) is 1.31. The van der Waals surface area contributed by atoms with E-state index in [1.807, 2.05) is 5.32 Å². The number of carbonyl (C=O) groups is 1. The van der Waals surface area contributed by atoms with Crippen molar-refractivity contribution in [1.82, 2.24) is 15.3 Å². The van der Waals surface area contributed by atoms with Crippen molar-refractivity contribution >= 4 is 17.5 Å². The fourth-order valence-corrected chi connectivity index (χ4v) is 1.81. The van der Waals surface area contributed by atoms with Crippen LogP contribution < -0.4 is 5.32 Å². The maximum absolute atomic E-state index is 12.4. The standard InChI is InChI=1S/C14H11ClF3N3O/c1-8(14(16,17)18)21-13(22)11-3-2-10(7-20-11)9-4-5-19-12(15)6-9/h2-8H,1H3,(H,21,22). The van der Waals surface area contributed by atoms with E-state index in [0.717, 1.165) is 12.5 Å². The quantitative estimate of drug-likeness (QED) is 0.877. The monoisotopic (exact) mass is 329 g/mol. The Hall–Kier alpha value is -2.15. The highest BCUT2D eigenvalue weighted by Gasteiger charge is 2.37. The average molecular weight is 330 g/mol. The minimum absolute atomic E-state index is 0.0972. The Morgan fingerprint density at radius 2 is 1.95 bits per heavy atom. The second kappa shape index (κ2) is 6.31.